The van der Waals surface area contributed by atoms with Gasteiger partial charge in [-0.05, 0) is 55.5 Å². The smallest absolute Gasteiger partial charge is 0.223 e. The van der Waals surface area contributed by atoms with Gasteiger partial charge in [0, 0.05) is 17.5 Å². The molecule has 0 bridgehead atoms. The summed E-state index contributed by atoms with van der Waals surface area (Å²) < 4.78 is 0. The van der Waals surface area contributed by atoms with Gasteiger partial charge in [-0.3, -0.25) is 9.69 Å². The monoisotopic (exact) mass is 368 g/mol. The van der Waals surface area contributed by atoms with E-state index >= 15 is 0 Å². The van der Waals surface area contributed by atoms with Gasteiger partial charge in [0.15, 0.2) is 0 Å². The lowest BCUT2D eigenvalue weighted by molar-refractivity contribution is -0.122. The van der Waals surface area contributed by atoms with Crippen LogP contribution >= 0.6 is 11.6 Å². The van der Waals surface area contributed by atoms with E-state index in [-0.39, 0.29) is 23.8 Å². The second kappa shape index (κ2) is 7.81. The van der Waals surface area contributed by atoms with Gasteiger partial charge in [-0.2, -0.15) is 0 Å². The minimum atomic E-state index is 0.0601. The molecular weight excluding hydrogens is 344 g/mol. The number of benzene rings is 2. The minimum Gasteiger partial charge on any atom is -0.354 e. The van der Waals surface area contributed by atoms with E-state index in [0.717, 1.165) is 30.1 Å². The predicted molar refractivity (Wildman–Crippen MR) is 105 cm³/mol. The largest absolute Gasteiger partial charge is 0.354 e. The van der Waals surface area contributed by atoms with Crippen LogP contribution < -0.4 is 5.32 Å². The Labute approximate surface area is 160 Å². The zero-order chi connectivity index (χ0) is 17.9. The second-order valence-corrected chi connectivity index (χ2v) is 7.79. The van der Waals surface area contributed by atoms with E-state index in [2.05, 4.69) is 34.5 Å². The summed E-state index contributed by atoms with van der Waals surface area (Å²) in [5.74, 6) is 0.491. The van der Waals surface area contributed by atoms with Crippen molar-refractivity contribution in [2.45, 2.75) is 31.2 Å². The molecule has 2 aromatic rings. The van der Waals surface area contributed by atoms with Crippen LogP contribution in [-0.2, 0) is 4.79 Å². The molecule has 1 saturated heterocycles. The number of amides is 1. The number of hydrogen-bond donors (Lipinski definition) is 1. The molecule has 3 unspecified atom stereocenters. The lowest BCUT2D eigenvalue weighted by Gasteiger charge is -2.28. The van der Waals surface area contributed by atoms with E-state index in [1.165, 1.54) is 18.4 Å². The van der Waals surface area contributed by atoms with Crippen LogP contribution in [0.2, 0.25) is 5.02 Å². The first-order valence-electron chi connectivity index (χ1n) is 9.55. The van der Waals surface area contributed by atoms with Gasteiger partial charge in [-0.1, -0.05) is 60.1 Å². The Morgan fingerprint density at radius 3 is 2.50 bits per heavy atom. The topological polar surface area (TPSA) is 32.3 Å². The third-order valence-corrected chi connectivity index (χ3v) is 6.01. The zero-order valence-electron chi connectivity index (χ0n) is 14.9. The fourth-order valence-corrected chi connectivity index (χ4v) is 4.39. The van der Waals surface area contributed by atoms with Gasteiger partial charge in [-0.15, -0.1) is 0 Å². The molecule has 2 aromatic carbocycles. The third-order valence-electron chi connectivity index (χ3n) is 5.67. The van der Waals surface area contributed by atoms with Crippen molar-refractivity contribution in [1.29, 1.82) is 0 Å². The van der Waals surface area contributed by atoms with E-state index < -0.39 is 0 Å². The number of hydrogen-bond acceptors (Lipinski definition) is 2. The Balaban J connectivity index is 1.39. The van der Waals surface area contributed by atoms with Crippen molar-refractivity contribution in [3.63, 3.8) is 0 Å². The second-order valence-electron chi connectivity index (χ2n) is 7.38. The Morgan fingerprint density at radius 1 is 1.08 bits per heavy atom. The number of likely N-dealkylation sites (tertiary alicyclic amines) is 1. The average molecular weight is 369 g/mol. The lowest BCUT2D eigenvalue weighted by atomic mass is 10.1. The number of rotatable bonds is 6. The van der Waals surface area contributed by atoms with E-state index in [0.29, 0.717) is 6.54 Å². The molecule has 1 aliphatic heterocycles. The highest BCUT2D eigenvalue weighted by Gasteiger charge is 2.44. The van der Waals surface area contributed by atoms with Crippen molar-refractivity contribution in [2.24, 2.45) is 5.92 Å². The number of nitrogens with zero attached hydrogens (tertiary/aromatic N) is 1. The number of halogens is 1. The van der Waals surface area contributed by atoms with Crippen LogP contribution in [-0.4, -0.2) is 30.4 Å². The van der Waals surface area contributed by atoms with Crippen molar-refractivity contribution >= 4 is 17.5 Å². The highest BCUT2D eigenvalue weighted by molar-refractivity contribution is 6.31. The van der Waals surface area contributed by atoms with Gasteiger partial charge in [-0.25, -0.2) is 0 Å². The predicted octanol–water partition coefficient (Wildman–Crippen LogP) is 4.40. The normalized spacial score (nSPS) is 23.6. The van der Waals surface area contributed by atoms with Gasteiger partial charge in [0.1, 0.15) is 0 Å². The average Bonchev–Trinajstić information content (AvgIpc) is 3.28. The maximum absolute atomic E-state index is 12.7. The lowest BCUT2D eigenvalue weighted by Crippen LogP contribution is -2.37. The SMILES string of the molecule is O=C(NCC(c1ccccc1)N1CCCC1)C1CC1c1ccccc1Cl. The molecule has 4 rings (SSSR count). The Bertz CT molecular complexity index is 758. The summed E-state index contributed by atoms with van der Waals surface area (Å²) >= 11 is 6.28. The molecule has 0 aromatic heterocycles. The van der Waals surface area contributed by atoms with Gasteiger partial charge in [0.05, 0.1) is 6.04 Å². The van der Waals surface area contributed by atoms with Crippen LogP contribution in [0.15, 0.2) is 54.6 Å². The first kappa shape index (κ1) is 17.6. The van der Waals surface area contributed by atoms with Crippen molar-refractivity contribution in [3.05, 3.63) is 70.7 Å². The van der Waals surface area contributed by atoms with Crippen LogP contribution in [0.4, 0.5) is 0 Å². The molecule has 1 N–H and O–H groups in total. The molecule has 2 aliphatic rings. The maximum atomic E-state index is 12.7. The summed E-state index contributed by atoms with van der Waals surface area (Å²) in [4.78, 5) is 15.2. The summed E-state index contributed by atoms with van der Waals surface area (Å²) in [5.41, 5.74) is 2.39. The van der Waals surface area contributed by atoms with E-state index in [9.17, 15) is 4.79 Å². The molecular formula is C22H25ClN2O. The molecule has 3 nitrogen and oxygen atoms in total. The number of nitrogens with one attached hydrogen (secondary N) is 1. The van der Waals surface area contributed by atoms with Crippen LogP contribution in [0.3, 0.4) is 0 Å². The molecule has 4 heteroatoms. The molecule has 1 heterocycles. The van der Waals surface area contributed by atoms with Crippen LogP contribution in [0.5, 0.6) is 0 Å². The highest BCUT2D eigenvalue weighted by Crippen LogP contribution is 2.49. The van der Waals surface area contributed by atoms with Gasteiger partial charge in [0.25, 0.3) is 0 Å². The van der Waals surface area contributed by atoms with Crippen molar-refractivity contribution in [3.8, 4) is 0 Å². The number of carbonyl (C=O) groups excluding carboxylic acids is 1. The van der Waals surface area contributed by atoms with Gasteiger partial charge in [0.2, 0.25) is 5.91 Å². The van der Waals surface area contributed by atoms with Crippen LogP contribution in [0, 0.1) is 5.92 Å². The molecule has 1 aliphatic carbocycles. The quantitative estimate of drug-likeness (QED) is 0.819. The fraction of sp³-hybridized carbons (Fsp3) is 0.409. The molecule has 0 spiro atoms. The first-order chi connectivity index (χ1) is 12.7. The van der Waals surface area contributed by atoms with Crippen molar-refractivity contribution < 1.29 is 4.79 Å². The van der Waals surface area contributed by atoms with E-state index in [4.69, 9.17) is 11.6 Å². The molecule has 136 valence electrons. The Kier molecular flexibility index (Phi) is 5.28. The summed E-state index contributed by atoms with van der Waals surface area (Å²) in [5, 5.41) is 3.99. The van der Waals surface area contributed by atoms with Crippen LogP contribution in [0.25, 0.3) is 0 Å². The maximum Gasteiger partial charge on any atom is 0.223 e. The van der Waals surface area contributed by atoms with E-state index in [1.54, 1.807) is 0 Å². The van der Waals surface area contributed by atoms with Crippen molar-refractivity contribution in [1.82, 2.24) is 10.2 Å². The molecule has 1 amide bonds. The van der Waals surface area contributed by atoms with Crippen molar-refractivity contribution in [2.75, 3.05) is 19.6 Å². The third kappa shape index (κ3) is 3.79. The molecule has 0 radical (unpaired) electrons. The van der Waals surface area contributed by atoms with Gasteiger partial charge >= 0.3 is 0 Å². The summed E-state index contributed by atoms with van der Waals surface area (Å²) in [7, 11) is 0. The summed E-state index contributed by atoms with van der Waals surface area (Å²) in [6, 6.07) is 18.7. The molecule has 2 fully saturated rings. The zero-order valence-corrected chi connectivity index (χ0v) is 15.7. The van der Waals surface area contributed by atoms with Crippen LogP contribution in [0.1, 0.15) is 42.3 Å². The number of carbonyl (C=O) groups is 1. The molecule has 1 saturated carbocycles. The fourth-order valence-electron chi connectivity index (χ4n) is 4.12. The molecule has 26 heavy (non-hydrogen) atoms. The Hall–Kier alpha value is -1.84. The first-order valence-corrected chi connectivity index (χ1v) is 9.93. The Morgan fingerprint density at radius 2 is 1.77 bits per heavy atom. The van der Waals surface area contributed by atoms with E-state index in [1.807, 2.05) is 30.3 Å². The standard InChI is InChI=1S/C22H25ClN2O/c23-20-11-5-4-10-17(20)18-14-19(18)22(26)24-15-21(25-12-6-7-13-25)16-8-2-1-3-9-16/h1-5,8-11,18-19,21H,6-7,12-15H2,(H,24,26). The summed E-state index contributed by atoms with van der Waals surface area (Å²) in [6.45, 7) is 2.90. The summed E-state index contributed by atoms with van der Waals surface area (Å²) in [6.07, 6.45) is 3.39. The van der Waals surface area contributed by atoms with Gasteiger partial charge < -0.3 is 5.32 Å². The molecule has 3 atom stereocenters. The highest BCUT2D eigenvalue weighted by atomic mass is 35.5. The minimum absolute atomic E-state index is 0.0601.